The van der Waals surface area contributed by atoms with Crippen LogP contribution >= 0.6 is 0 Å². The van der Waals surface area contributed by atoms with Gasteiger partial charge in [0.15, 0.2) is 24.1 Å². The van der Waals surface area contributed by atoms with E-state index in [9.17, 15) is 9.59 Å². The topological polar surface area (TPSA) is 80.3 Å². The minimum atomic E-state index is -0.907. The number of hydrogen-bond donors (Lipinski definition) is 0. The highest BCUT2D eigenvalue weighted by molar-refractivity contribution is 5.87. The number of fused-ring (bicyclic) bond motifs is 6. The van der Waals surface area contributed by atoms with Crippen LogP contribution in [0.3, 0.4) is 0 Å². The molecule has 5 atom stereocenters. The van der Waals surface area contributed by atoms with Crippen LogP contribution in [0, 0.1) is 0 Å². The Morgan fingerprint density at radius 1 is 1.30 bits per heavy atom. The molecule has 0 aromatic rings. The SMILES string of the molecule is C=C(C)C(=O)OC1C2OC(C)(C)OC1C1OC2OC1=O. The van der Waals surface area contributed by atoms with Crippen molar-refractivity contribution in [1.82, 2.24) is 0 Å². The maximum Gasteiger partial charge on any atom is 0.340 e. The second-order valence-electron chi connectivity index (χ2n) is 5.58. The fraction of sp³-hybridized carbons (Fsp3) is 0.692. The first-order valence-electron chi connectivity index (χ1n) is 6.36. The third kappa shape index (κ3) is 2.02. The van der Waals surface area contributed by atoms with E-state index in [2.05, 4.69) is 6.58 Å². The first-order chi connectivity index (χ1) is 9.28. The predicted octanol–water partition coefficient (Wildman–Crippen LogP) is 0.276. The molecule has 3 heterocycles. The monoisotopic (exact) mass is 284 g/mol. The van der Waals surface area contributed by atoms with Crippen molar-refractivity contribution in [2.45, 2.75) is 57.3 Å². The van der Waals surface area contributed by atoms with E-state index in [1.54, 1.807) is 20.8 Å². The zero-order valence-electron chi connectivity index (χ0n) is 11.5. The lowest BCUT2D eigenvalue weighted by atomic mass is 9.97. The van der Waals surface area contributed by atoms with Crippen molar-refractivity contribution in [3.8, 4) is 0 Å². The molecule has 3 aliphatic rings. The van der Waals surface area contributed by atoms with Gasteiger partial charge in [-0.25, -0.2) is 9.59 Å². The highest BCUT2D eigenvalue weighted by atomic mass is 16.8. The van der Waals surface area contributed by atoms with Gasteiger partial charge in [-0.1, -0.05) is 6.58 Å². The summed E-state index contributed by atoms with van der Waals surface area (Å²) in [6.45, 7) is 8.51. The first-order valence-corrected chi connectivity index (χ1v) is 6.36. The molecule has 7 heteroatoms. The molecule has 0 spiro atoms. The van der Waals surface area contributed by atoms with Gasteiger partial charge in [-0.15, -0.1) is 0 Å². The van der Waals surface area contributed by atoms with Crippen molar-refractivity contribution >= 4 is 11.9 Å². The van der Waals surface area contributed by atoms with Crippen LogP contribution < -0.4 is 0 Å². The van der Waals surface area contributed by atoms with Gasteiger partial charge in [0.2, 0.25) is 6.29 Å². The quantitative estimate of drug-likeness (QED) is 0.532. The van der Waals surface area contributed by atoms with E-state index < -0.39 is 48.4 Å². The van der Waals surface area contributed by atoms with Crippen LogP contribution in [0.2, 0.25) is 0 Å². The van der Waals surface area contributed by atoms with Gasteiger partial charge in [-0.05, 0) is 20.8 Å². The third-order valence-corrected chi connectivity index (χ3v) is 3.39. The number of esters is 2. The standard InChI is InChI=1S/C13H16O7/c1-5(2)10(14)16-6-7-8-11(15)18-12(17-8)9(6)20-13(3,4)19-7/h6-9,12H,1H2,2-4H3. The highest BCUT2D eigenvalue weighted by Crippen LogP contribution is 2.41. The molecule has 0 aromatic heterocycles. The van der Waals surface area contributed by atoms with Gasteiger partial charge in [0.1, 0.15) is 6.10 Å². The van der Waals surface area contributed by atoms with Crippen molar-refractivity contribution in [2.75, 3.05) is 0 Å². The molecular formula is C13H16O7. The molecule has 0 radical (unpaired) electrons. The lowest BCUT2D eigenvalue weighted by Gasteiger charge is -2.48. The fourth-order valence-electron chi connectivity index (χ4n) is 2.57. The second kappa shape index (κ2) is 4.28. The largest absolute Gasteiger partial charge is 0.453 e. The summed E-state index contributed by atoms with van der Waals surface area (Å²) in [6.07, 6.45) is -4.01. The van der Waals surface area contributed by atoms with Crippen molar-refractivity contribution < 1.29 is 33.3 Å². The second-order valence-corrected chi connectivity index (χ2v) is 5.58. The Morgan fingerprint density at radius 2 is 1.95 bits per heavy atom. The minimum absolute atomic E-state index is 0.258. The average Bonchev–Trinajstić information content (AvgIpc) is 2.68. The number of ether oxygens (including phenoxy) is 5. The maximum absolute atomic E-state index is 11.7. The van der Waals surface area contributed by atoms with Gasteiger partial charge in [0, 0.05) is 5.57 Å². The van der Waals surface area contributed by atoms with Crippen LogP contribution in [0.4, 0.5) is 0 Å². The molecule has 0 N–H and O–H groups in total. The van der Waals surface area contributed by atoms with Crippen molar-refractivity contribution in [3.63, 3.8) is 0 Å². The average molecular weight is 284 g/mol. The molecule has 3 aliphatic heterocycles. The Bertz CT molecular complexity index is 483. The molecule has 4 bridgehead atoms. The molecule has 0 amide bonds. The summed E-state index contributed by atoms with van der Waals surface area (Å²) < 4.78 is 27.2. The van der Waals surface area contributed by atoms with E-state index in [0.717, 1.165) is 0 Å². The van der Waals surface area contributed by atoms with E-state index in [1.165, 1.54) is 0 Å². The summed E-state index contributed by atoms with van der Waals surface area (Å²) >= 11 is 0. The Hall–Kier alpha value is -1.44. The molecule has 0 aliphatic carbocycles. The molecule has 20 heavy (non-hydrogen) atoms. The van der Waals surface area contributed by atoms with Crippen molar-refractivity contribution in [2.24, 2.45) is 0 Å². The van der Waals surface area contributed by atoms with Crippen LogP contribution in [0.15, 0.2) is 12.2 Å². The Balaban J connectivity index is 1.90. The van der Waals surface area contributed by atoms with E-state index in [-0.39, 0.29) is 5.57 Å². The van der Waals surface area contributed by atoms with Gasteiger partial charge in [-0.2, -0.15) is 0 Å². The molecule has 0 saturated carbocycles. The van der Waals surface area contributed by atoms with Gasteiger partial charge < -0.3 is 23.7 Å². The Kier molecular flexibility index (Phi) is 2.89. The summed E-state index contributed by atoms with van der Waals surface area (Å²) in [5.74, 6) is -2.00. The van der Waals surface area contributed by atoms with E-state index >= 15 is 0 Å². The summed E-state index contributed by atoms with van der Waals surface area (Å²) in [5, 5.41) is 0. The summed E-state index contributed by atoms with van der Waals surface area (Å²) in [7, 11) is 0. The van der Waals surface area contributed by atoms with Crippen molar-refractivity contribution in [3.05, 3.63) is 12.2 Å². The molecule has 5 unspecified atom stereocenters. The third-order valence-electron chi connectivity index (χ3n) is 3.39. The zero-order valence-corrected chi connectivity index (χ0v) is 11.5. The lowest BCUT2D eigenvalue weighted by Crippen LogP contribution is -2.65. The fourth-order valence-corrected chi connectivity index (χ4v) is 2.57. The number of carbonyl (C=O) groups is 2. The van der Waals surface area contributed by atoms with Gasteiger partial charge in [-0.3, -0.25) is 0 Å². The summed E-state index contributed by atoms with van der Waals surface area (Å²) in [4.78, 5) is 23.5. The molecular weight excluding hydrogens is 268 g/mol. The highest BCUT2D eigenvalue weighted by Gasteiger charge is 2.63. The molecule has 3 fully saturated rings. The van der Waals surface area contributed by atoms with Gasteiger partial charge in [0.25, 0.3) is 0 Å². The molecule has 3 rings (SSSR count). The maximum atomic E-state index is 11.7. The van der Waals surface area contributed by atoms with Gasteiger partial charge in [0.05, 0.1) is 0 Å². The Morgan fingerprint density at radius 3 is 2.60 bits per heavy atom. The molecule has 0 aromatic carbocycles. The van der Waals surface area contributed by atoms with Crippen LogP contribution in [0.1, 0.15) is 20.8 Å². The van der Waals surface area contributed by atoms with E-state index in [4.69, 9.17) is 23.7 Å². The van der Waals surface area contributed by atoms with E-state index in [0.29, 0.717) is 0 Å². The van der Waals surface area contributed by atoms with Crippen LogP contribution in [-0.4, -0.2) is 48.4 Å². The smallest absolute Gasteiger partial charge is 0.340 e. The van der Waals surface area contributed by atoms with Crippen LogP contribution in [-0.2, 0) is 33.3 Å². The summed E-state index contributed by atoms with van der Waals surface area (Å²) in [6, 6.07) is 0. The minimum Gasteiger partial charge on any atom is -0.453 e. The summed E-state index contributed by atoms with van der Waals surface area (Å²) in [5.41, 5.74) is 0.258. The van der Waals surface area contributed by atoms with Crippen molar-refractivity contribution in [1.29, 1.82) is 0 Å². The first kappa shape index (κ1) is 13.5. The van der Waals surface area contributed by atoms with Crippen LogP contribution in [0.25, 0.3) is 0 Å². The predicted molar refractivity (Wildman–Crippen MR) is 63.3 cm³/mol. The Labute approximate surface area is 115 Å². The normalized spacial score (nSPS) is 41.0. The molecule has 3 saturated heterocycles. The van der Waals surface area contributed by atoms with Gasteiger partial charge >= 0.3 is 11.9 Å². The molecule has 7 nitrogen and oxygen atoms in total. The van der Waals surface area contributed by atoms with E-state index in [1.807, 2.05) is 0 Å². The number of carbonyl (C=O) groups excluding carboxylic acids is 2. The number of hydrogen-bond acceptors (Lipinski definition) is 7. The van der Waals surface area contributed by atoms with Crippen LogP contribution in [0.5, 0.6) is 0 Å². The lowest BCUT2D eigenvalue weighted by molar-refractivity contribution is -0.390. The molecule has 110 valence electrons. The number of rotatable bonds is 2. The zero-order chi connectivity index (χ0) is 14.7.